The Kier molecular flexibility index (Phi) is 6.36. The maximum Gasteiger partial charge on any atom is 0.329 e. The Morgan fingerprint density at radius 2 is 1.67 bits per heavy atom. The van der Waals surface area contributed by atoms with E-state index in [0.717, 1.165) is 0 Å². The van der Waals surface area contributed by atoms with Crippen molar-refractivity contribution in [2.75, 3.05) is 5.32 Å². The number of amides is 2. The van der Waals surface area contributed by atoms with E-state index in [9.17, 15) is 14.7 Å². The van der Waals surface area contributed by atoms with E-state index < -0.39 is 11.8 Å². The number of nitrogens with one attached hydrogen (secondary N) is 2. The van der Waals surface area contributed by atoms with Gasteiger partial charge in [0, 0.05) is 10.7 Å². The number of halogens is 3. The van der Waals surface area contributed by atoms with Crippen molar-refractivity contribution in [2.24, 2.45) is 5.10 Å². The molecule has 2 aromatic carbocycles. The van der Waals surface area contributed by atoms with Gasteiger partial charge < -0.3 is 10.4 Å². The van der Waals surface area contributed by atoms with Gasteiger partial charge in [-0.1, -0.05) is 11.6 Å². The van der Waals surface area contributed by atoms with Crippen LogP contribution in [0.4, 0.5) is 5.69 Å². The molecular formula is C15H10Br2ClN3O3. The van der Waals surface area contributed by atoms with Gasteiger partial charge in [-0.3, -0.25) is 9.59 Å². The molecule has 2 amide bonds. The molecule has 6 nitrogen and oxygen atoms in total. The number of hydrogen-bond donors (Lipinski definition) is 3. The van der Waals surface area contributed by atoms with Gasteiger partial charge in [-0.15, -0.1) is 0 Å². The van der Waals surface area contributed by atoms with Gasteiger partial charge in [-0.2, -0.15) is 5.10 Å². The second kappa shape index (κ2) is 8.27. The minimum atomic E-state index is -0.918. The van der Waals surface area contributed by atoms with Crippen molar-refractivity contribution in [3.63, 3.8) is 0 Å². The number of nitrogens with zero attached hydrogens (tertiary/aromatic N) is 1. The number of anilines is 1. The highest BCUT2D eigenvalue weighted by Crippen LogP contribution is 2.32. The summed E-state index contributed by atoms with van der Waals surface area (Å²) >= 11 is 12.1. The van der Waals surface area contributed by atoms with Crippen molar-refractivity contribution in [1.82, 2.24) is 5.43 Å². The van der Waals surface area contributed by atoms with Gasteiger partial charge in [-0.05, 0) is 73.8 Å². The first-order valence-corrected chi connectivity index (χ1v) is 8.41. The van der Waals surface area contributed by atoms with Gasteiger partial charge in [0.25, 0.3) is 0 Å². The molecule has 0 bridgehead atoms. The van der Waals surface area contributed by atoms with Crippen molar-refractivity contribution in [1.29, 1.82) is 0 Å². The van der Waals surface area contributed by atoms with Gasteiger partial charge in [0.05, 0.1) is 15.2 Å². The molecular weight excluding hydrogens is 465 g/mol. The topological polar surface area (TPSA) is 90.8 Å². The maximum atomic E-state index is 11.7. The van der Waals surface area contributed by atoms with E-state index in [-0.39, 0.29) is 5.75 Å². The van der Waals surface area contributed by atoms with Crippen molar-refractivity contribution in [3.05, 3.63) is 55.9 Å². The number of aromatic hydroxyl groups is 1. The van der Waals surface area contributed by atoms with Crippen LogP contribution < -0.4 is 10.7 Å². The molecule has 3 N–H and O–H groups in total. The van der Waals surface area contributed by atoms with Crippen LogP contribution in [0.25, 0.3) is 0 Å². The predicted molar refractivity (Wildman–Crippen MR) is 99.3 cm³/mol. The molecule has 0 radical (unpaired) electrons. The number of phenols is 1. The summed E-state index contributed by atoms with van der Waals surface area (Å²) in [6.45, 7) is 0. The second-order valence-corrected chi connectivity index (χ2v) is 6.64. The second-order valence-electron chi connectivity index (χ2n) is 4.49. The van der Waals surface area contributed by atoms with Crippen LogP contribution in [0.1, 0.15) is 5.56 Å². The van der Waals surface area contributed by atoms with Gasteiger partial charge in [0.1, 0.15) is 5.75 Å². The fraction of sp³-hybridized carbons (Fsp3) is 0. The van der Waals surface area contributed by atoms with E-state index in [1.807, 2.05) is 0 Å². The van der Waals surface area contributed by atoms with Gasteiger partial charge >= 0.3 is 11.8 Å². The lowest BCUT2D eigenvalue weighted by atomic mass is 10.2. The summed E-state index contributed by atoms with van der Waals surface area (Å²) in [5, 5.41) is 16.2. The molecule has 9 heteroatoms. The summed E-state index contributed by atoms with van der Waals surface area (Å²) in [7, 11) is 0. The first kappa shape index (κ1) is 18.4. The third-order valence-electron chi connectivity index (χ3n) is 2.73. The molecule has 0 unspecified atom stereocenters. The smallest absolute Gasteiger partial charge is 0.329 e. The Bertz CT molecular complexity index is 787. The summed E-state index contributed by atoms with van der Waals surface area (Å²) in [4.78, 5) is 23.4. The lowest BCUT2D eigenvalue weighted by Gasteiger charge is -2.04. The summed E-state index contributed by atoms with van der Waals surface area (Å²) in [6, 6.07) is 9.53. The molecule has 0 fully saturated rings. The highest BCUT2D eigenvalue weighted by molar-refractivity contribution is 9.11. The lowest BCUT2D eigenvalue weighted by molar-refractivity contribution is -0.136. The molecule has 2 rings (SSSR count). The van der Waals surface area contributed by atoms with Crippen LogP contribution in [0.15, 0.2) is 50.4 Å². The average Bonchev–Trinajstić information content (AvgIpc) is 2.54. The monoisotopic (exact) mass is 473 g/mol. The molecule has 0 aromatic heterocycles. The molecule has 0 heterocycles. The third kappa shape index (κ3) is 5.05. The number of hydrazone groups is 1. The van der Waals surface area contributed by atoms with Crippen LogP contribution in [0.2, 0.25) is 5.02 Å². The summed E-state index contributed by atoms with van der Waals surface area (Å²) in [6.07, 6.45) is 1.34. The predicted octanol–water partition coefficient (Wildman–Crippen LogP) is 3.66. The van der Waals surface area contributed by atoms with E-state index in [0.29, 0.717) is 25.2 Å². The van der Waals surface area contributed by atoms with Gasteiger partial charge in [0.15, 0.2) is 0 Å². The number of carbonyl (C=O) groups is 2. The molecule has 0 aliphatic rings. The first-order valence-electron chi connectivity index (χ1n) is 6.45. The molecule has 0 atom stereocenters. The molecule has 0 aliphatic carbocycles. The third-order valence-corrected chi connectivity index (χ3v) is 4.19. The van der Waals surface area contributed by atoms with E-state index in [1.54, 1.807) is 36.4 Å². The van der Waals surface area contributed by atoms with E-state index in [1.165, 1.54) is 6.21 Å². The SMILES string of the molecule is O=C(NN=Cc1cc(Br)c(O)c(Br)c1)C(=O)Nc1ccc(Cl)cc1. The fourth-order valence-electron chi connectivity index (χ4n) is 1.60. The number of phenolic OH excluding ortho intramolecular Hbond substituents is 1. The summed E-state index contributed by atoms with van der Waals surface area (Å²) in [5.41, 5.74) is 3.16. The largest absolute Gasteiger partial charge is 0.506 e. The Hall–Kier alpha value is -1.90. The Labute approximate surface area is 159 Å². The maximum absolute atomic E-state index is 11.7. The highest BCUT2D eigenvalue weighted by Gasteiger charge is 2.12. The summed E-state index contributed by atoms with van der Waals surface area (Å²) < 4.78 is 0.926. The zero-order valence-corrected chi connectivity index (χ0v) is 15.8. The minimum Gasteiger partial charge on any atom is -0.506 e. The van der Waals surface area contributed by atoms with Crippen LogP contribution in [-0.4, -0.2) is 23.1 Å². The van der Waals surface area contributed by atoms with Gasteiger partial charge in [-0.25, -0.2) is 5.43 Å². The molecule has 0 saturated carbocycles. The number of hydrogen-bond acceptors (Lipinski definition) is 4. The van der Waals surface area contributed by atoms with Crippen LogP contribution in [-0.2, 0) is 9.59 Å². The fourth-order valence-corrected chi connectivity index (χ4v) is 2.94. The van der Waals surface area contributed by atoms with Crippen LogP contribution in [0.3, 0.4) is 0 Å². The lowest BCUT2D eigenvalue weighted by Crippen LogP contribution is -2.32. The first-order chi connectivity index (χ1) is 11.4. The zero-order valence-electron chi connectivity index (χ0n) is 11.9. The minimum absolute atomic E-state index is 0.0542. The quantitative estimate of drug-likeness (QED) is 0.360. The van der Waals surface area contributed by atoms with E-state index in [4.69, 9.17) is 11.6 Å². The Morgan fingerprint density at radius 1 is 1.08 bits per heavy atom. The number of carbonyl (C=O) groups excluding carboxylic acids is 2. The van der Waals surface area contributed by atoms with Crippen molar-refractivity contribution < 1.29 is 14.7 Å². The van der Waals surface area contributed by atoms with Crippen LogP contribution in [0, 0.1) is 0 Å². The molecule has 124 valence electrons. The molecule has 0 saturated heterocycles. The van der Waals surface area contributed by atoms with E-state index >= 15 is 0 Å². The summed E-state index contributed by atoms with van der Waals surface area (Å²) in [5.74, 6) is -1.72. The number of benzene rings is 2. The van der Waals surface area contributed by atoms with E-state index in [2.05, 4.69) is 47.7 Å². The zero-order chi connectivity index (χ0) is 17.7. The van der Waals surface area contributed by atoms with Crippen molar-refractivity contribution in [2.45, 2.75) is 0 Å². The molecule has 0 spiro atoms. The van der Waals surface area contributed by atoms with Crippen molar-refractivity contribution >= 4 is 67.2 Å². The van der Waals surface area contributed by atoms with Crippen LogP contribution >= 0.6 is 43.5 Å². The van der Waals surface area contributed by atoms with Gasteiger partial charge in [0.2, 0.25) is 0 Å². The highest BCUT2D eigenvalue weighted by atomic mass is 79.9. The average molecular weight is 476 g/mol. The van der Waals surface area contributed by atoms with Crippen LogP contribution in [0.5, 0.6) is 5.75 Å². The standard InChI is InChI=1S/C15H10Br2ClN3O3/c16-11-5-8(6-12(17)13(11)22)7-19-21-15(24)14(23)20-10-3-1-9(18)2-4-10/h1-7,22H,(H,20,23)(H,21,24). The molecule has 0 aliphatic heterocycles. The molecule has 24 heavy (non-hydrogen) atoms. The number of rotatable bonds is 3. The van der Waals surface area contributed by atoms with Crippen molar-refractivity contribution in [3.8, 4) is 5.75 Å². The Morgan fingerprint density at radius 3 is 2.25 bits per heavy atom. The normalized spacial score (nSPS) is 10.6. The molecule has 2 aromatic rings. The Balaban J connectivity index is 1.94.